The molecule has 0 aromatic carbocycles. The van der Waals surface area contributed by atoms with Gasteiger partial charge in [0, 0.05) is 24.5 Å². The van der Waals surface area contributed by atoms with E-state index in [0.717, 1.165) is 4.90 Å². The number of carbonyl (C=O) groups excluding carboxylic acids is 3. The van der Waals surface area contributed by atoms with Gasteiger partial charge in [-0.05, 0) is 25.0 Å². The van der Waals surface area contributed by atoms with Crippen LogP contribution in [-0.4, -0.2) is 70.8 Å². The van der Waals surface area contributed by atoms with Crippen molar-refractivity contribution >= 4 is 28.1 Å². The molecule has 2 fully saturated rings. The number of amides is 3. The van der Waals surface area contributed by atoms with Crippen molar-refractivity contribution in [3.63, 3.8) is 0 Å². The molecule has 2 atom stereocenters. The predicted molar refractivity (Wildman–Crippen MR) is 85.0 cm³/mol. The van der Waals surface area contributed by atoms with E-state index in [1.54, 1.807) is 0 Å². The maximum absolute atomic E-state index is 12.4. The Morgan fingerprint density at radius 2 is 2.00 bits per heavy atom. The van der Waals surface area contributed by atoms with Crippen LogP contribution in [0.2, 0.25) is 0 Å². The van der Waals surface area contributed by atoms with E-state index in [9.17, 15) is 22.8 Å². The monoisotopic (exact) mass is 384 g/mol. The van der Waals surface area contributed by atoms with Crippen molar-refractivity contribution in [3.8, 4) is 0 Å². The van der Waals surface area contributed by atoms with Gasteiger partial charge >= 0.3 is 16.4 Å². The first-order valence-electron chi connectivity index (χ1n) is 7.74. The molecule has 2 saturated heterocycles. The summed E-state index contributed by atoms with van der Waals surface area (Å²) in [4.78, 5) is 41.6. The van der Waals surface area contributed by atoms with E-state index < -0.39 is 34.4 Å². The Kier molecular flexibility index (Phi) is 4.89. The third-order valence-corrected chi connectivity index (χ3v) is 4.57. The van der Waals surface area contributed by atoms with Crippen molar-refractivity contribution in [2.75, 3.05) is 13.1 Å². The van der Waals surface area contributed by atoms with Crippen LogP contribution in [0.1, 0.15) is 23.2 Å². The molecule has 2 aliphatic rings. The molecule has 0 unspecified atom stereocenters. The summed E-state index contributed by atoms with van der Waals surface area (Å²) in [5.74, 6) is -0.827. The van der Waals surface area contributed by atoms with Crippen LogP contribution >= 0.6 is 0 Å². The van der Waals surface area contributed by atoms with E-state index in [-0.39, 0.29) is 25.3 Å². The van der Waals surface area contributed by atoms with Crippen molar-refractivity contribution < 1.29 is 31.6 Å². The van der Waals surface area contributed by atoms with Crippen LogP contribution in [0, 0.1) is 0 Å². The molecule has 26 heavy (non-hydrogen) atoms. The number of ketones is 1. The number of hydrogen-bond donors (Lipinski definition) is 2. The van der Waals surface area contributed by atoms with Crippen molar-refractivity contribution in [3.05, 3.63) is 30.1 Å². The average molecular weight is 384 g/mol. The Balaban J connectivity index is 1.61. The highest BCUT2D eigenvalue weighted by Crippen LogP contribution is 2.30. The molecule has 11 nitrogen and oxygen atoms in total. The minimum absolute atomic E-state index is 0.0880. The zero-order chi connectivity index (χ0) is 18.9. The van der Waals surface area contributed by atoms with Gasteiger partial charge in [-0.3, -0.25) is 19.1 Å². The highest BCUT2D eigenvalue weighted by atomic mass is 32.3. The summed E-state index contributed by atoms with van der Waals surface area (Å²) in [6.45, 7) is -0.152. The van der Waals surface area contributed by atoms with Crippen molar-refractivity contribution in [2.24, 2.45) is 0 Å². The third kappa shape index (κ3) is 3.81. The van der Waals surface area contributed by atoms with E-state index in [0.29, 0.717) is 17.0 Å². The number of rotatable bonds is 6. The number of hydroxylamine groups is 2. The van der Waals surface area contributed by atoms with Gasteiger partial charge < -0.3 is 10.2 Å². The van der Waals surface area contributed by atoms with Crippen molar-refractivity contribution in [1.29, 1.82) is 0 Å². The molecule has 3 heterocycles. The Bertz CT molecular complexity index is 829. The van der Waals surface area contributed by atoms with Gasteiger partial charge in [-0.15, -0.1) is 4.28 Å². The molecular weight excluding hydrogens is 368 g/mol. The van der Waals surface area contributed by atoms with Crippen LogP contribution in [0.25, 0.3) is 0 Å². The van der Waals surface area contributed by atoms with Gasteiger partial charge in [0.05, 0.1) is 12.6 Å². The number of urea groups is 1. The molecule has 3 rings (SSSR count). The number of aromatic nitrogens is 1. The zero-order valence-electron chi connectivity index (χ0n) is 13.4. The Labute approximate surface area is 148 Å². The maximum Gasteiger partial charge on any atom is 0.418 e. The fourth-order valence-electron chi connectivity index (χ4n) is 3.03. The second-order valence-corrected chi connectivity index (χ2v) is 6.89. The molecule has 0 aliphatic carbocycles. The van der Waals surface area contributed by atoms with Crippen LogP contribution in [0.15, 0.2) is 24.5 Å². The zero-order valence-corrected chi connectivity index (χ0v) is 14.3. The van der Waals surface area contributed by atoms with Gasteiger partial charge in [0.2, 0.25) is 5.91 Å². The van der Waals surface area contributed by atoms with Gasteiger partial charge in [0.1, 0.15) is 6.04 Å². The number of carbonyl (C=O) groups is 3. The molecule has 1 aromatic rings. The normalized spacial score (nSPS) is 22.4. The highest BCUT2D eigenvalue weighted by molar-refractivity contribution is 7.80. The van der Waals surface area contributed by atoms with Crippen molar-refractivity contribution in [2.45, 2.75) is 24.9 Å². The molecule has 140 valence electrons. The summed E-state index contributed by atoms with van der Waals surface area (Å²) in [5, 5.41) is 3.05. The van der Waals surface area contributed by atoms with Crippen molar-refractivity contribution in [1.82, 2.24) is 20.3 Å². The van der Waals surface area contributed by atoms with Gasteiger partial charge in [0.15, 0.2) is 5.78 Å². The fraction of sp³-hybridized carbons (Fsp3) is 0.429. The lowest BCUT2D eigenvalue weighted by atomic mass is 10.0. The summed E-state index contributed by atoms with van der Waals surface area (Å²) in [6, 6.07) is 0.791. The molecule has 3 amide bonds. The van der Waals surface area contributed by atoms with Crippen LogP contribution in [-0.2, 0) is 19.5 Å². The van der Waals surface area contributed by atoms with E-state index in [1.807, 2.05) is 0 Å². The first kappa shape index (κ1) is 18.2. The standard InChI is InChI=1S/C14H16N4O7S/c19-12(9-3-5-15-6-4-9)7-16-13(20)11-2-1-10-8-17(11)14(21)18(10)25-26(22,23)24/h3-6,10-11H,1-2,7-8H2,(H,16,20)(H,22,23,24)/t10-,11+/m1/s1. The average Bonchev–Trinajstić information content (AvgIpc) is 2.84. The number of pyridine rings is 1. The number of nitrogens with one attached hydrogen (secondary N) is 1. The Morgan fingerprint density at radius 1 is 1.31 bits per heavy atom. The summed E-state index contributed by atoms with van der Waals surface area (Å²) in [6.07, 6.45) is 3.51. The molecule has 0 radical (unpaired) electrons. The van der Waals surface area contributed by atoms with Crippen LogP contribution < -0.4 is 5.32 Å². The first-order chi connectivity index (χ1) is 12.3. The lowest BCUT2D eigenvalue weighted by Crippen LogP contribution is -2.50. The number of piperidine rings is 1. The summed E-state index contributed by atoms with van der Waals surface area (Å²) in [5.41, 5.74) is 0.397. The molecular formula is C14H16N4O7S. The Hall–Kier alpha value is -2.57. The largest absolute Gasteiger partial charge is 0.418 e. The molecule has 2 bridgehead atoms. The number of fused-ring (bicyclic) bond motifs is 2. The van der Waals surface area contributed by atoms with Gasteiger partial charge in [-0.1, -0.05) is 0 Å². The lowest BCUT2D eigenvalue weighted by molar-refractivity contribution is -0.125. The SMILES string of the molecule is O=C(CNC(=O)[C@@H]1CC[C@@H]2CN1C(=O)N2OS(=O)(=O)O)c1ccncc1. The molecule has 12 heteroatoms. The van der Waals surface area contributed by atoms with Crippen LogP contribution in [0.3, 0.4) is 0 Å². The first-order valence-corrected chi connectivity index (χ1v) is 9.10. The smallest absolute Gasteiger partial charge is 0.347 e. The minimum atomic E-state index is -4.84. The molecule has 0 spiro atoms. The van der Waals surface area contributed by atoms with E-state index in [1.165, 1.54) is 24.5 Å². The fourth-order valence-corrected chi connectivity index (χ4v) is 3.42. The molecule has 1 aromatic heterocycles. The van der Waals surface area contributed by atoms with E-state index in [4.69, 9.17) is 4.55 Å². The second kappa shape index (κ2) is 6.97. The summed E-state index contributed by atoms with van der Waals surface area (Å²) >= 11 is 0. The number of nitrogens with zero attached hydrogens (tertiary/aromatic N) is 3. The quantitative estimate of drug-likeness (QED) is 0.487. The lowest BCUT2D eigenvalue weighted by Gasteiger charge is -2.29. The third-order valence-electron chi connectivity index (χ3n) is 4.23. The maximum atomic E-state index is 12.4. The highest BCUT2D eigenvalue weighted by Gasteiger charge is 2.49. The number of hydrogen-bond acceptors (Lipinski definition) is 7. The van der Waals surface area contributed by atoms with Gasteiger partial charge in [-0.25, -0.2) is 4.79 Å². The summed E-state index contributed by atoms with van der Waals surface area (Å²) in [7, 11) is -4.84. The predicted octanol–water partition coefficient (Wildman–Crippen LogP) is -0.616. The molecule has 2 N–H and O–H groups in total. The Morgan fingerprint density at radius 3 is 2.65 bits per heavy atom. The summed E-state index contributed by atoms with van der Waals surface area (Å²) < 4.78 is 34.7. The van der Waals surface area contributed by atoms with Gasteiger partial charge in [0.25, 0.3) is 0 Å². The number of Topliss-reactive ketones (excluding diaryl/α,β-unsaturated/α-hetero) is 1. The van der Waals surface area contributed by atoms with E-state index >= 15 is 0 Å². The van der Waals surface area contributed by atoms with E-state index in [2.05, 4.69) is 14.6 Å². The van der Waals surface area contributed by atoms with Crippen LogP contribution in [0.4, 0.5) is 4.79 Å². The minimum Gasteiger partial charge on any atom is -0.347 e. The second-order valence-electron chi connectivity index (χ2n) is 5.89. The van der Waals surface area contributed by atoms with Gasteiger partial charge in [-0.2, -0.15) is 13.5 Å². The van der Waals surface area contributed by atoms with Crippen LogP contribution in [0.5, 0.6) is 0 Å². The molecule has 2 aliphatic heterocycles. The molecule has 0 saturated carbocycles. The topological polar surface area (TPSA) is 146 Å².